The molecule has 1 aromatic heterocycles. The van der Waals surface area contributed by atoms with Gasteiger partial charge >= 0.3 is 0 Å². The molecule has 0 radical (unpaired) electrons. The van der Waals surface area contributed by atoms with Crippen molar-refractivity contribution in [3.63, 3.8) is 0 Å². The number of aryl methyl sites for hydroxylation is 1. The van der Waals surface area contributed by atoms with Crippen LogP contribution in [0, 0.1) is 6.92 Å². The molecule has 11 rings (SSSR count). The van der Waals surface area contributed by atoms with E-state index in [9.17, 15) is 0 Å². The molecule has 9 aromatic rings. The minimum atomic E-state index is -0.235. The highest BCUT2D eigenvalue weighted by Crippen LogP contribution is 2.60. The standard InChI is InChI=1S/C51H39NO/c1-30-15-13-22-36-37-23-14-24-44(49(37)53-48(30)36)52(32-17-7-6-8-18-32)45-29-43-47(35-21-12-11-20-34(35)45)39-28-41-38(27-42(39)51(43,4)5)46-33-19-10-9-16-31(33)25-26-40(46)50(41,2)3/h6-29H,1-5H3. The van der Waals surface area contributed by atoms with Gasteiger partial charge < -0.3 is 9.32 Å². The van der Waals surface area contributed by atoms with E-state index in [1.54, 1.807) is 0 Å². The minimum Gasteiger partial charge on any atom is -0.454 e. The average Bonchev–Trinajstić information content (AvgIpc) is 3.75. The molecular weight excluding hydrogens is 643 g/mol. The molecule has 254 valence electrons. The van der Waals surface area contributed by atoms with Gasteiger partial charge in [0.05, 0.1) is 11.4 Å². The van der Waals surface area contributed by atoms with Gasteiger partial charge in [0.1, 0.15) is 5.58 Å². The number of hydrogen-bond acceptors (Lipinski definition) is 2. The zero-order chi connectivity index (χ0) is 35.8. The second-order valence-electron chi connectivity index (χ2n) is 16.1. The Labute approximate surface area is 309 Å². The lowest BCUT2D eigenvalue weighted by Crippen LogP contribution is -2.18. The first-order valence-corrected chi connectivity index (χ1v) is 18.8. The van der Waals surface area contributed by atoms with E-state index in [2.05, 4.69) is 185 Å². The molecule has 0 aliphatic heterocycles. The molecule has 0 spiro atoms. The van der Waals surface area contributed by atoms with Crippen LogP contribution in [0.4, 0.5) is 17.1 Å². The molecule has 2 aliphatic rings. The summed E-state index contributed by atoms with van der Waals surface area (Å²) in [5.41, 5.74) is 17.0. The van der Waals surface area contributed by atoms with E-state index in [1.165, 1.54) is 66.1 Å². The largest absolute Gasteiger partial charge is 0.454 e. The van der Waals surface area contributed by atoms with Crippen molar-refractivity contribution in [3.05, 3.63) is 173 Å². The van der Waals surface area contributed by atoms with Crippen LogP contribution in [0.15, 0.2) is 150 Å². The lowest BCUT2D eigenvalue weighted by atomic mass is 9.79. The second kappa shape index (κ2) is 10.5. The fourth-order valence-corrected chi connectivity index (χ4v) is 9.85. The number of anilines is 3. The Morgan fingerprint density at radius 2 is 1.02 bits per heavy atom. The fraction of sp³-hybridized carbons (Fsp3) is 0.137. The zero-order valence-electron chi connectivity index (χ0n) is 30.7. The highest BCUT2D eigenvalue weighted by Gasteiger charge is 2.43. The summed E-state index contributed by atoms with van der Waals surface area (Å²) < 4.78 is 6.82. The van der Waals surface area contributed by atoms with Gasteiger partial charge in [-0.05, 0) is 110 Å². The number of benzene rings is 8. The summed E-state index contributed by atoms with van der Waals surface area (Å²) in [4.78, 5) is 2.42. The van der Waals surface area contributed by atoms with Crippen molar-refractivity contribution in [1.29, 1.82) is 0 Å². The maximum Gasteiger partial charge on any atom is 0.159 e. The van der Waals surface area contributed by atoms with Crippen molar-refractivity contribution >= 4 is 60.5 Å². The summed E-state index contributed by atoms with van der Waals surface area (Å²) in [6.45, 7) is 11.8. The molecule has 2 nitrogen and oxygen atoms in total. The van der Waals surface area contributed by atoms with Crippen molar-refractivity contribution in [2.75, 3.05) is 4.90 Å². The highest BCUT2D eigenvalue weighted by atomic mass is 16.3. The topological polar surface area (TPSA) is 16.4 Å². The summed E-state index contributed by atoms with van der Waals surface area (Å²) >= 11 is 0. The fourth-order valence-electron chi connectivity index (χ4n) is 9.85. The van der Waals surface area contributed by atoms with E-state index in [-0.39, 0.29) is 10.8 Å². The third kappa shape index (κ3) is 3.99. The smallest absolute Gasteiger partial charge is 0.159 e. The summed E-state index contributed by atoms with van der Waals surface area (Å²) in [7, 11) is 0. The highest BCUT2D eigenvalue weighted by molar-refractivity contribution is 6.15. The number of nitrogens with zero attached hydrogens (tertiary/aromatic N) is 1. The zero-order valence-corrected chi connectivity index (χ0v) is 30.7. The molecule has 1 heterocycles. The van der Waals surface area contributed by atoms with Crippen LogP contribution in [0.2, 0.25) is 0 Å². The first-order valence-electron chi connectivity index (χ1n) is 18.8. The number of hydrogen-bond donors (Lipinski definition) is 0. The summed E-state index contributed by atoms with van der Waals surface area (Å²) in [5.74, 6) is 0. The van der Waals surface area contributed by atoms with Gasteiger partial charge in [0.2, 0.25) is 0 Å². The normalized spacial score (nSPS) is 14.8. The third-order valence-corrected chi connectivity index (χ3v) is 12.5. The maximum atomic E-state index is 6.82. The third-order valence-electron chi connectivity index (χ3n) is 12.5. The summed E-state index contributed by atoms with van der Waals surface area (Å²) in [5, 5.41) is 7.41. The molecule has 0 saturated carbocycles. The van der Waals surface area contributed by atoms with Crippen LogP contribution in [0.3, 0.4) is 0 Å². The molecule has 0 fully saturated rings. The van der Waals surface area contributed by atoms with Crippen molar-refractivity contribution in [1.82, 2.24) is 0 Å². The van der Waals surface area contributed by atoms with Gasteiger partial charge in [0.25, 0.3) is 0 Å². The molecule has 53 heavy (non-hydrogen) atoms. The first kappa shape index (κ1) is 30.5. The summed E-state index contributed by atoms with van der Waals surface area (Å²) in [6, 6.07) is 53.9. The minimum absolute atomic E-state index is 0.111. The lowest BCUT2D eigenvalue weighted by Gasteiger charge is -2.29. The van der Waals surface area contributed by atoms with Gasteiger partial charge in [-0.15, -0.1) is 0 Å². The van der Waals surface area contributed by atoms with Gasteiger partial charge in [-0.2, -0.15) is 0 Å². The van der Waals surface area contributed by atoms with Gasteiger partial charge in [0.15, 0.2) is 5.58 Å². The van der Waals surface area contributed by atoms with E-state index in [1.807, 2.05) is 0 Å². The van der Waals surface area contributed by atoms with Gasteiger partial charge in [0, 0.05) is 32.7 Å². The average molecular weight is 682 g/mol. The molecule has 2 aliphatic carbocycles. The van der Waals surface area contributed by atoms with E-state index < -0.39 is 0 Å². The molecule has 0 bridgehead atoms. The van der Waals surface area contributed by atoms with Crippen LogP contribution in [-0.4, -0.2) is 0 Å². The van der Waals surface area contributed by atoms with E-state index >= 15 is 0 Å². The number of rotatable bonds is 3. The van der Waals surface area contributed by atoms with Crippen LogP contribution in [-0.2, 0) is 10.8 Å². The Balaban J connectivity index is 1.20. The van der Waals surface area contributed by atoms with E-state index in [0.29, 0.717) is 0 Å². The predicted molar refractivity (Wildman–Crippen MR) is 223 cm³/mol. The predicted octanol–water partition coefficient (Wildman–Crippen LogP) is 14.3. The molecule has 0 atom stereocenters. The molecule has 8 aromatic carbocycles. The van der Waals surface area contributed by atoms with Gasteiger partial charge in [-0.1, -0.05) is 137 Å². The lowest BCUT2D eigenvalue weighted by molar-refractivity contribution is 0.652. The number of furan rings is 1. The number of fused-ring (bicyclic) bond motifs is 13. The Kier molecular flexibility index (Phi) is 6.03. The van der Waals surface area contributed by atoms with Crippen LogP contribution >= 0.6 is 0 Å². The van der Waals surface area contributed by atoms with Crippen LogP contribution < -0.4 is 4.90 Å². The molecular formula is C51H39NO. The number of para-hydroxylation sites is 3. The van der Waals surface area contributed by atoms with Crippen molar-refractivity contribution in [3.8, 4) is 22.3 Å². The molecule has 0 saturated heterocycles. The van der Waals surface area contributed by atoms with Crippen LogP contribution in [0.5, 0.6) is 0 Å². The van der Waals surface area contributed by atoms with E-state index in [4.69, 9.17) is 4.42 Å². The van der Waals surface area contributed by atoms with Crippen LogP contribution in [0.25, 0.3) is 65.7 Å². The van der Waals surface area contributed by atoms with Crippen molar-refractivity contribution in [2.24, 2.45) is 0 Å². The summed E-state index contributed by atoms with van der Waals surface area (Å²) in [6.07, 6.45) is 0. The van der Waals surface area contributed by atoms with Crippen molar-refractivity contribution < 1.29 is 4.42 Å². The van der Waals surface area contributed by atoms with Gasteiger partial charge in [-0.3, -0.25) is 0 Å². The Morgan fingerprint density at radius 1 is 0.434 bits per heavy atom. The first-order chi connectivity index (χ1) is 25.7. The van der Waals surface area contributed by atoms with E-state index in [0.717, 1.165) is 44.6 Å². The molecule has 0 amide bonds. The second-order valence-corrected chi connectivity index (χ2v) is 16.1. The molecule has 0 unspecified atom stereocenters. The maximum absolute atomic E-state index is 6.82. The monoisotopic (exact) mass is 681 g/mol. The SMILES string of the molecule is Cc1cccc2c1oc1c(N(c3ccccc3)c3cc4c(c5ccccc35)-c3cc5c(cc3C4(C)C)-c3c(ccc4ccccc34)C5(C)C)cccc12. The van der Waals surface area contributed by atoms with Crippen LogP contribution in [0.1, 0.15) is 55.5 Å². The Hall–Kier alpha value is -6.12. The Bertz CT molecular complexity index is 3010. The van der Waals surface area contributed by atoms with Gasteiger partial charge in [-0.25, -0.2) is 0 Å². The Morgan fingerprint density at radius 3 is 1.77 bits per heavy atom. The van der Waals surface area contributed by atoms with Crippen molar-refractivity contribution in [2.45, 2.75) is 45.4 Å². The quantitative estimate of drug-likeness (QED) is 0.185. The molecule has 2 heteroatoms. The molecule has 0 N–H and O–H groups in total.